The molecule has 0 saturated carbocycles. The Hall–Kier alpha value is -1.97. The SMILES string of the molecule is Cc1oc2c(O)c(C=O)cc(O)c2c1C. The molecule has 0 aliphatic heterocycles. The highest BCUT2D eigenvalue weighted by molar-refractivity contribution is 5.98. The van der Waals surface area contributed by atoms with E-state index in [1.165, 1.54) is 6.07 Å². The first-order valence-electron chi connectivity index (χ1n) is 4.46. The van der Waals surface area contributed by atoms with E-state index in [1.54, 1.807) is 13.8 Å². The molecule has 1 aromatic carbocycles. The van der Waals surface area contributed by atoms with Crippen LogP contribution < -0.4 is 0 Å². The summed E-state index contributed by atoms with van der Waals surface area (Å²) in [5, 5.41) is 19.8. The average Bonchev–Trinajstić information content (AvgIpc) is 2.50. The molecular formula is C11H10O4. The Kier molecular flexibility index (Phi) is 1.93. The van der Waals surface area contributed by atoms with E-state index in [4.69, 9.17) is 4.42 Å². The fraction of sp³-hybridized carbons (Fsp3) is 0.182. The van der Waals surface area contributed by atoms with E-state index in [0.717, 1.165) is 5.56 Å². The van der Waals surface area contributed by atoms with Gasteiger partial charge in [-0.1, -0.05) is 0 Å². The van der Waals surface area contributed by atoms with Gasteiger partial charge in [0.1, 0.15) is 11.5 Å². The van der Waals surface area contributed by atoms with Crippen molar-refractivity contribution < 1.29 is 19.4 Å². The van der Waals surface area contributed by atoms with Crippen molar-refractivity contribution in [3.05, 3.63) is 23.0 Å². The number of carbonyl (C=O) groups excluding carboxylic acids is 1. The number of hydrogen-bond donors (Lipinski definition) is 2. The molecule has 15 heavy (non-hydrogen) atoms. The second-order valence-electron chi connectivity index (χ2n) is 3.44. The third-order valence-electron chi connectivity index (χ3n) is 2.55. The van der Waals surface area contributed by atoms with Gasteiger partial charge in [0.2, 0.25) is 0 Å². The lowest BCUT2D eigenvalue weighted by Gasteiger charge is -2.00. The van der Waals surface area contributed by atoms with Gasteiger partial charge in [0, 0.05) is 5.56 Å². The summed E-state index contributed by atoms with van der Waals surface area (Å²) in [7, 11) is 0. The first-order valence-corrected chi connectivity index (χ1v) is 4.46. The minimum atomic E-state index is -0.228. The third-order valence-corrected chi connectivity index (χ3v) is 2.55. The van der Waals surface area contributed by atoms with Gasteiger partial charge in [-0.3, -0.25) is 4.79 Å². The largest absolute Gasteiger partial charge is 0.507 e. The van der Waals surface area contributed by atoms with Crippen LogP contribution >= 0.6 is 0 Å². The Morgan fingerprint density at radius 1 is 1.33 bits per heavy atom. The van der Waals surface area contributed by atoms with Crippen molar-refractivity contribution in [1.82, 2.24) is 0 Å². The molecule has 78 valence electrons. The van der Waals surface area contributed by atoms with Gasteiger partial charge in [0.25, 0.3) is 0 Å². The summed E-state index contributed by atoms with van der Waals surface area (Å²) in [6.07, 6.45) is 0.474. The van der Waals surface area contributed by atoms with E-state index in [1.807, 2.05) is 0 Å². The van der Waals surface area contributed by atoms with E-state index in [-0.39, 0.29) is 22.6 Å². The van der Waals surface area contributed by atoms with Crippen LogP contribution in [0.2, 0.25) is 0 Å². The Labute approximate surface area is 85.8 Å². The monoisotopic (exact) mass is 206 g/mol. The number of aryl methyl sites for hydroxylation is 2. The Morgan fingerprint density at radius 2 is 2.00 bits per heavy atom. The molecule has 1 aromatic heterocycles. The lowest BCUT2D eigenvalue weighted by Crippen LogP contribution is -1.82. The first kappa shape index (κ1) is 9.58. The van der Waals surface area contributed by atoms with Crippen LogP contribution in [0.15, 0.2) is 10.5 Å². The summed E-state index contributed by atoms with van der Waals surface area (Å²) in [6, 6.07) is 1.23. The van der Waals surface area contributed by atoms with Crippen molar-refractivity contribution in [2.45, 2.75) is 13.8 Å². The van der Waals surface area contributed by atoms with Crippen LogP contribution in [-0.4, -0.2) is 16.5 Å². The lowest BCUT2D eigenvalue weighted by molar-refractivity contribution is 0.112. The second kappa shape index (κ2) is 3.02. The number of aldehydes is 1. The summed E-state index contributed by atoms with van der Waals surface area (Å²) in [4.78, 5) is 10.6. The van der Waals surface area contributed by atoms with Crippen molar-refractivity contribution in [1.29, 1.82) is 0 Å². The zero-order valence-corrected chi connectivity index (χ0v) is 8.37. The number of carbonyl (C=O) groups is 1. The lowest BCUT2D eigenvalue weighted by atomic mass is 10.1. The Morgan fingerprint density at radius 3 is 2.60 bits per heavy atom. The van der Waals surface area contributed by atoms with Crippen molar-refractivity contribution in [2.24, 2.45) is 0 Å². The van der Waals surface area contributed by atoms with E-state index < -0.39 is 0 Å². The van der Waals surface area contributed by atoms with Gasteiger partial charge in [0.15, 0.2) is 17.6 Å². The molecule has 0 saturated heterocycles. The molecule has 2 N–H and O–H groups in total. The maximum atomic E-state index is 10.6. The number of rotatable bonds is 1. The number of benzene rings is 1. The van der Waals surface area contributed by atoms with Gasteiger partial charge in [-0.25, -0.2) is 0 Å². The topological polar surface area (TPSA) is 70.7 Å². The van der Waals surface area contributed by atoms with Crippen LogP contribution in [0.5, 0.6) is 11.5 Å². The predicted octanol–water partition coefficient (Wildman–Crippen LogP) is 2.27. The van der Waals surface area contributed by atoms with E-state index >= 15 is 0 Å². The molecule has 0 spiro atoms. The zero-order valence-electron chi connectivity index (χ0n) is 8.37. The van der Waals surface area contributed by atoms with Crippen molar-refractivity contribution in [3.63, 3.8) is 0 Å². The molecule has 0 bridgehead atoms. The molecule has 4 heteroatoms. The number of hydrogen-bond acceptors (Lipinski definition) is 4. The van der Waals surface area contributed by atoms with Crippen molar-refractivity contribution >= 4 is 17.3 Å². The first-order chi connectivity index (χ1) is 7.06. The van der Waals surface area contributed by atoms with Crippen LogP contribution in [-0.2, 0) is 0 Å². The minimum Gasteiger partial charge on any atom is -0.507 e. The molecule has 0 fully saturated rings. The summed E-state index contributed by atoms with van der Waals surface area (Å²) in [6.45, 7) is 3.51. The fourth-order valence-electron chi connectivity index (χ4n) is 1.61. The average molecular weight is 206 g/mol. The minimum absolute atomic E-state index is 0.0220. The quantitative estimate of drug-likeness (QED) is 0.554. The van der Waals surface area contributed by atoms with Crippen LogP contribution in [0.3, 0.4) is 0 Å². The third kappa shape index (κ3) is 1.18. The molecule has 0 aliphatic rings. The van der Waals surface area contributed by atoms with Crippen LogP contribution in [0.1, 0.15) is 21.7 Å². The Balaban J connectivity index is 2.99. The van der Waals surface area contributed by atoms with Crippen LogP contribution in [0.4, 0.5) is 0 Å². The van der Waals surface area contributed by atoms with Gasteiger partial charge in [0.05, 0.1) is 10.9 Å². The van der Waals surface area contributed by atoms with Gasteiger partial charge in [-0.2, -0.15) is 0 Å². The standard InChI is InChI=1S/C11H10O4/c1-5-6(2)15-11-9(5)8(13)3-7(4-12)10(11)14/h3-4,13-14H,1-2H3. The molecule has 1 heterocycles. The number of fused-ring (bicyclic) bond motifs is 1. The number of aromatic hydroxyl groups is 2. The van der Waals surface area contributed by atoms with Gasteiger partial charge in [-0.15, -0.1) is 0 Å². The summed E-state index contributed by atoms with van der Waals surface area (Å²) in [5.41, 5.74) is 0.941. The Bertz CT molecular complexity index is 551. The van der Waals surface area contributed by atoms with E-state index in [9.17, 15) is 15.0 Å². The zero-order chi connectivity index (χ0) is 11.2. The molecule has 0 aliphatic carbocycles. The molecule has 4 nitrogen and oxygen atoms in total. The second-order valence-corrected chi connectivity index (χ2v) is 3.44. The number of furan rings is 1. The maximum absolute atomic E-state index is 10.6. The summed E-state index contributed by atoms with van der Waals surface area (Å²) in [5.74, 6) is 0.326. The molecular weight excluding hydrogens is 196 g/mol. The highest BCUT2D eigenvalue weighted by Gasteiger charge is 2.17. The van der Waals surface area contributed by atoms with Crippen molar-refractivity contribution in [2.75, 3.05) is 0 Å². The van der Waals surface area contributed by atoms with Gasteiger partial charge >= 0.3 is 0 Å². The predicted molar refractivity (Wildman–Crippen MR) is 54.4 cm³/mol. The molecule has 0 amide bonds. The van der Waals surface area contributed by atoms with Crippen LogP contribution in [0, 0.1) is 13.8 Å². The van der Waals surface area contributed by atoms with Crippen LogP contribution in [0.25, 0.3) is 11.0 Å². The smallest absolute Gasteiger partial charge is 0.180 e. The maximum Gasteiger partial charge on any atom is 0.180 e. The molecule has 0 atom stereocenters. The van der Waals surface area contributed by atoms with Gasteiger partial charge < -0.3 is 14.6 Å². The highest BCUT2D eigenvalue weighted by atomic mass is 16.4. The highest BCUT2D eigenvalue weighted by Crippen LogP contribution is 2.39. The molecule has 2 rings (SSSR count). The molecule has 0 unspecified atom stereocenters. The van der Waals surface area contributed by atoms with Crippen molar-refractivity contribution in [3.8, 4) is 11.5 Å². The molecule has 2 aromatic rings. The molecule has 0 radical (unpaired) electrons. The van der Waals surface area contributed by atoms with Gasteiger partial charge in [-0.05, 0) is 19.9 Å². The summed E-state index contributed by atoms with van der Waals surface area (Å²) >= 11 is 0. The number of phenolic OH excluding ortho intramolecular Hbond substituents is 2. The number of phenols is 2. The fourth-order valence-corrected chi connectivity index (χ4v) is 1.61. The summed E-state index contributed by atoms with van der Waals surface area (Å²) < 4.78 is 5.28. The van der Waals surface area contributed by atoms with E-state index in [2.05, 4.69) is 0 Å². The van der Waals surface area contributed by atoms with E-state index in [0.29, 0.717) is 17.4 Å². The normalized spacial score (nSPS) is 10.8.